The first-order valence-corrected chi connectivity index (χ1v) is 10.7. The highest BCUT2D eigenvalue weighted by Gasteiger charge is 2.15. The number of nitrogens with zero attached hydrogens (tertiary/aromatic N) is 3. The van der Waals surface area contributed by atoms with Crippen LogP contribution in [0.3, 0.4) is 0 Å². The van der Waals surface area contributed by atoms with E-state index in [0.717, 1.165) is 53.5 Å². The fourth-order valence-electron chi connectivity index (χ4n) is 3.69. The monoisotopic (exact) mass is 425 g/mol. The van der Waals surface area contributed by atoms with E-state index in [1.54, 1.807) is 0 Å². The van der Waals surface area contributed by atoms with Gasteiger partial charge in [-0.1, -0.05) is 37.3 Å². The van der Waals surface area contributed by atoms with Gasteiger partial charge in [0.2, 0.25) is 0 Å². The van der Waals surface area contributed by atoms with Gasteiger partial charge in [0.15, 0.2) is 0 Å². The summed E-state index contributed by atoms with van der Waals surface area (Å²) in [7, 11) is 0. The van der Waals surface area contributed by atoms with Crippen LogP contribution >= 0.6 is 0 Å². The molecule has 3 aromatic heterocycles. The largest absolute Gasteiger partial charge is 0.346 e. The minimum atomic E-state index is 0.613. The van der Waals surface area contributed by atoms with Crippen LogP contribution in [0.25, 0.3) is 22.6 Å². The Kier molecular flexibility index (Phi) is 6.67. The maximum atomic E-state index is 7.14. The zero-order valence-electron chi connectivity index (χ0n) is 18.3. The fraction of sp³-hybridized carbons (Fsp3) is 0.200. The van der Waals surface area contributed by atoms with Crippen molar-refractivity contribution in [3.8, 4) is 22.6 Å². The molecule has 32 heavy (non-hydrogen) atoms. The summed E-state index contributed by atoms with van der Waals surface area (Å²) >= 11 is 0. The van der Waals surface area contributed by atoms with E-state index in [-0.39, 0.29) is 0 Å². The van der Waals surface area contributed by atoms with Gasteiger partial charge >= 0.3 is 0 Å². The Bertz CT molecular complexity index is 1260. The molecule has 0 unspecified atom stereocenters. The Morgan fingerprint density at radius 3 is 2.56 bits per heavy atom. The Morgan fingerprint density at radius 1 is 1.00 bits per heavy atom. The normalized spacial score (nSPS) is 11.6. The van der Waals surface area contributed by atoms with E-state index in [1.165, 1.54) is 11.1 Å². The van der Waals surface area contributed by atoms with Crippen LogP contribution in [-0.2, 0) is 19.5 Å². The van der Waals surface area contributed by atoms with Crippen molar-refractivity contribution >= 4 is 6.34 Å². The molecule has 4 rings (SSSR count). The Labute approximate surface area is 187 Å². The van der Waals surface area contributed by atoms with Crippen LogP contribution in [0.2, 0.25) is 0 Å². The first kappa shape index (κ1) is 21.4. The van der Waals surface area contributed by atoms with Gasteiger partial charge in [-0.15, -0.1) is 0 Å². The molecule has 1 aromatic carbocycles. The Balaban J connectivity index is 1.63. The van der Waals surface area contributed by atoms with Crippen molar-refractivity contribution in [3.05, 3.63) is 88.9 Å². The summed E-state index contributed by atoms with van der Waals surface area (Å²) in [5.74, 6) is 0.848. The van der Waals surface area contributed by atoms with Crippen molar-refractivity contribution in [1.82, 2.24) is 25.3 Å². The number of nitrogens with one attached hydrogen (secondary N) is 4. The van der Waals surface area contributed by atoms with E-state index >= 15 is 0 Å². The van der Waals surface area contributed by atoms with Crippen LogP contribution in [0.1, 0.15) is 29.6 Å². The number of H-pyrrole nitrogens is 2. The lowest BCUT2D eigenvalue weighted by Gasteiger charge is -2.08. The van der Waals surface area contributed by atoms with Crippen LogP contribution in [0.5, 0.6) is 0 Å². The SMILES string of the molecule is CCc1ccccc1CNCc1nc(-c2cccc(C)n2)c(-c2cc/c(=N/C=N)[nH]c2)[nH]1. The molecule has 0 aliphatic heterocycles. The van der Waals surface area contributed by atoms with Gasteiger partial charge in [0.25, 0.3) is 0 Å². The van der Waals surface area contributed by atoms with Crippen molar-refractivity contribution in [1.29, 1.82) is 5.41 Å². The topological polar surface area (TPSA) is 106 Å². The third kappa shape index (κ3) is 4.90. The second-order valence-electron chi connectivity index (χ2n) is 7.52. The lowest BCUT2D eigenvalue weighted by molar-refractivity contribution is 0.665. The second-order valence-corrected chi connectivity index (χ2v) is 7.52. The van der Waals surface area contributed by atoms with Crippen LogP contribution in [0, 0.1) is 12.3 Å². The van der Waals surface area contributed by atoms with Gasteiger partial charge in [-0.2, -0.15) is 0 Å². The number of hydrogen-bond donors (Lipinski definition) is 4. The number of pyridine rings is 2. The number of imidazole rings is 1. The first-order valence-electron chi connectivity index (χ1n) is 10.7. The van der Waals surface area contributed by atoms with Crippen molar-refractivity contribution in [2.24, 2.45) is 4.99 Å². The highest BCUT2D eigenvalue weighted by molar-refractivity contribution is 5.76. The number of benzene rings is 1. The predicted molar refractivity (Wildman–Crippen MR) is 127 cm³/mol. The van der Waals surface area contributed by atoms with Gasteiger partial charge in [0.05, 0.1) is 17.9 Å². The molecule has 3 heterocycles. The zero-order chi connectivity index (χ0) is 22.3. The predicted octanol–water partition coefficient (Wildman–Crippen LogP) is 4.14. The second kappa shape index (κ2) is 9.98. The molecular weight excluding hydrogens is 398 g/mol. The van der Waals surface area contributed by atoms with E-state index in [2.05, 4.69) is 56.5 Å². The molecule has 0 aliphatic rings. The highest BCUT2D eigenvalue weighted by atomic mass is 15.0. The molecule has 0 atom stereocenters. The van der Waals surface area contributed by atoms with Crippen molar-refractivity contribution < 1.29 is 0 Å². The van der Waals surface area contributed by atoms with Gasteiger partial charge in [0, 0.05) is 24.0 Å². The van der Waals surface area contributed by atoms with E-state index in [4.69, 9.17) is 10.4 Å². The summed E-state index contributed by atoms with van der Waals surface area (Å²) in [6, 6.07) is 18.2. The molecule has 0 fully saturated rings. The average Bonchev–Trinajstić information content (AvgIpc) is 3.24. The third-order valence-corrected chi connectivity index (χ3v) is 5.28. The van der Waals surface area contributed by atoms with E-state index < -0.39 is 0 Å². The number of aryl methyl sites for hydroxylation is 2. The van der Waals surface area contributed by atoms with Crippen LogP contribution in [0.15, 0.2) is 65.8 Å². The smallest absolute Gasteiger partial charge is 0.131 e. The molecule has 0 spiro atoms. The van der Waals surface area contributed by atoms with Gasteiger partial charge in [-0.05, 0) is 48.7 Å². The average molecular weight is 426 g/mol. The molecule has 0 aliphatic carbocycles. The molecule has 0 bridgehead atoms. The Morgan fingerprint density at radius 2 is 1.84 bits per heavy atom. The summed E-state index contributed by atoms with van der Waals surface area (Å²) in [4.78, 5) is 20.1. The fourth-order valence-corrected chi connectivity index (χ4v) is 3.69. The van der Waals surface area contributed by atoms with Gasteiger partial charge in [0.1, 0.15) is 23.3 Å². The number of rotatable bonds is 8. The molecule has 0 radical (unpaired) electrons. The first-order chi connectivity index (χ1) is 15.7. The van der Waals surface area contributed by atoms with Crippen LogP contribution < -0.4 is 10.8 Å². The third-order valence-electron chi connectivity index (χ3n) is 5.28. The zero-order valence-corrected chi connectivity index (χ0v) is 18.3. The maximum absolute atomic E-state index is 7.14. The minimum Gasteiger partial charge on any atom is -0.346 e. The van der Waals surface area contributed by atoms with E-state index in [0.29, 0.717) is 12.0 Å². The molecule has 7 heteroatoms. The number of hydrogen-bond acceptors (Lipinski definition) is 4. The molecule has 0 saturated heterocycles. The molecule has 0 saturated carbocycles. The van der Waals surface area contributed by atoms with Gasteiger partial charge in [-0.25, -0.2) is 9.98 Å². The molecular formula is C25H27N7. The molecule has 4 aromatic rings. The van der Waals surface area contributed by atoms with Crippen molar-refractivity contribution in [2.75, 3.05) is 0 Å². The number of aromatic nitrogens is 4. The summed E-state index contributed by atoms with van der Waals surface area (Å²) in [5.41, 5.74) is 7.71. The molecule has 0 amide bonds. The van der Waals surface area contributed by atoms with E-state index in [1.807, 2.05) is 43.5 Å². The van der Waals surface area contributed by atoms with Gasteiger partial charge < -0.3 is 15.3 Å². The lowest BCUT2D eigenvalue weighted by Crippen LogP contribution is -2.14. The van der Waals surface area contributed by atoms with Crippen LogP contribution in [0.4, 0.5) is 0 Å². The van der Waals surface area contributed by atoms with Gasteiger partial charge in [-0.3, -0.25) is 10.4 Å². The summed E-state index contributed by atoms with van der Waals surface area (Å²) in [6.45, 7) is 5.55. The number of aromatic amines is 2. The van der Waals surface area contributed by atoms with Crippen molar-refractivity contribution in [2.45, 2.75) is 33.4 Å². The lowest BCUT2D eigenvalue weighted by atomic mass is 10.1. The summed E-state index contributed by atoms with van der Waals surface area (Å²) in [6.07, 6.45) is 3.90. The summed E-state index contributed by atoms with van der Waals surface area (Å²) < 4.78 is 0. The molecule has 162 valence electrons. The maximum Gasteiger partial charge on any atom is 0.131 e. The standard InChI is InChI=1S/C25H27N7/c1-3-18-8-4-5-9-19(18)13-27-15-23-31-24(20-11-12-22(28-14-20)29-16-26)25(32-23)21-10-6-7-17(2)30-21/h4-12,14,16,27H,3,13,15H2,1-2H3,(H,31,32)(H2,26,28,29). The quantitative estimate of drug-likeness (QED) is 0.252. The van der Waals surface area contributed by atoms with Crippen LogP contribution in [-0.4, -0.2) is 26.3 Å². The summed E-state index contributed by atoms with van der Waals surface area (Å²) in [5, 5.41) is 10.6. The Hall–Kier alpha value is -3.84. The van der Waals surface area contributed by atoms with Crippen molar-refractivity contribution in [3.63, 3.8) is 0 Å². The highest BCUT2D eigenvalue weighted by Crippen LogP contribution is 2.28. The minimum absolute atomic E-state index is 0.613. The molecule has 7 nitrogen and oxygen atoms in total. The molecule has 4 N–H and O–H groups in total. The van der Waals surface area contributed by atoms with E-state index in [9.17, 15) is 0 Å².